The number of carbonyl (C=O) groups excluding carboxylic acids is 1. The number of carbonyl (C=O) groups is 1. The smallest absolute Gasteiger partial charge is 0.464 e. The molecular weight excluding hydrogens is 255 g/mol. The number of rotatable bonds is 3. The van der Waals surface area contributed by atoms with Gasteiger partial charge in [-0.3, -0.25) is 0 Å². The molecule has 1 aromatic rings. The largest absolute Gasteiger partial charge is 0.574 e. The zero-order valence-electron chi connectivity index (χ0n) is 9.25. The lowest BCUT2D eigenvalue weighted by atomic mass is 10.2. The lowest BCUT2D eigenvalue weighted by Gasteiger charge is -2.13. The molecule has 0 bridgehead atoms. The van der Waals surface area contributed by atoms with E-state index in [1.807, 2.05) is 0 Å². The Morgan fingerprint density at radius 1 is 1.50 bits per heavy atom. The third kappa shape index (κ3) is 3.23. The van der Waals surface area contributed by atoms with Crippen LogP contribution >= 0.6 is 0 Å². The highest BCUT2D eigenvalue weighted by atomic mass is 19.4. The first-order valence-electron chi connectivity index (χ1n) is 4.62. The Balaban J connectivity index is 3.26. The summed E-state index contributed by atoms with van der Waals surface area (Å²) in [6.07, 6.45) is -4.94. The first kappa shape index (κ1) is 14.0. The molecule has 0 atom stereocenters. The first-order valence-corrected chi connectivity index (χ1v) is 4.62. The molecule has 1 aromatic heterocycles. The van der Waals surface area contributed by atoms with Gasteiger partial charge >= 0.3 is 12.3 Å². The Bertz CT molecular complexity index is 462. The predicted molar refractivity (Wildman–Crippen MR) is 54.6 cm³/mol. The second-order valence-electron chi connectivity index (χ2n) is 3.13. The van der Waals surface area contributed by atoms with Crippen molar-refractivity contribution < 1.29 is 27.4 Å². The average Bonchev–Trinajstić information content (AvgIpc) is 2.28. The minimum Gasteiger partial charge on any atom is -0.464 e. The summed E-state index contributed by atoms with van der Waals surface area (Å²) in [7, 11) is 1.05. The van der Waals surface area contributed by atoms with E-state index in [2.05, 4.69) is 14.5 Å². The van der Waals surface area contributed by atoms with Crippen molar-refractivity contribution in [3.63, 3.8) is 0 Å². The summed E-state index contributed by atoms with van der Waals surface area (Å²) in [5, 5.41) is 0. The van der Waals surface area contributed by atoms with Gasteiger partial charge in [0.15, 0.2) is 5.69 Å². The van der Waals surface area contributed by atoms with Crippen LogP contribution < -0.4 is 16.2 Å². The van der Waals surface area contributed by atoms with Crippen LogP contribution in [-0.4, -0.2) is 24.4 Å². The van der Waals surface area contributed by atoms with E-state index in [1.165, 1.54) is 0 Å². The zero-order chi connectivity index (χ0) is 13.9. The molecule has 0 radical (unpaired) electrons. The number of pyridine rings is 1. The van der Waals surface area contributed by atoms with Crippen LogP contribution in [0.3, 0.4) is 0 Å². The zero-order valence-corrected chi connectivity index (χ0v) is 9.25. The molecule has 0 aromatic carbocycles. The SMILES string of the molecule is COC(=O)c1nc(OC(F)(F)F)c(CN)cc1N. The molecule has 9 heteroatoms. The number of nitrogen functional groups attached to an aromatic ring is 1. The highest BCUT2D eigenvalue weighted by Crippen LogP contribution is 2.27. The van der Waals surface area contributed by atoms with E-state index in [-0.39, 0.29) is 17.8 Å². The van der Waals surface area contributed by atoms with E-state index in [0.717, 1.165) is 13.2 Å². The summed E-state index contributed by atoms with van der Waals surface area (Å²) in [6, 6.07) is 1.08. The fourth-order valence-corrected chi connectivity index (χ4v) is 1.16. The fourth-order valence-electron chi connectivity index (χ4n) is 1.16. The number of esters is 1. The standard InChI is InChI=1S/C9H10F3N3O3/c1-17-8(16)6-5(14)2-4(3-13)7(15-6)18-9(10,11)12/h2H,3,13-14H2,1H3. The van der Waals surface area contributed by atoms with Crippen LogP contribution in [0, 0.1) is 0 Å². The average molecular weight is 265 g/mol. The van der Waals surface area contributed by atoms with Crippen LogP contribution in [0.5, 0.6) is 5.88 Å². The summed E-state index contributed by atoms with van der Waals surface area (Å²) in [4.78, 5) is 14.6. The molecular formula is C9H10F3N3O3. The van der Waals surface area contributed by atoms with Crippen molar-refractivity contribution >= 4 is 11.7 Å². The predicted octanol–water partition coefficient (Wildman–Crippen LogP) is 0.808. The number of hydrogen-bond donors (Lipinski definition) is 2. The Morgan fingerprint density at radius 3 is 2.56 bits per heavy atom. The second kappa shape index (κ2) is 5.08. The lowest BCUT2D eigenvalue weighted by Crippen LogP contribution is -2.21. The van der Waals surface area contributed by atoms with Gasteiger partial charge in [-0.15, -0.1) is 13.2 Å². The van der Waals surface area contributed by atoms with Gasteiger partial charge in [-0.1, -0.05) is 0 Å². The van der Waals surface area contributed by atoms with Gasteiger partial charge < -0.3 is 20.9 Å². The summed E-state index contributed by atoms with van der Waals surface area (Å²) < 4.78 is 44.4. The van der Waals surface area contributed by atoms with Gasteiger partial charge in [0.1, 0.15) is 0 Å². The van der Waals surface area contributed by atoms with Crippen molar-refractivity contribution in [2.24, 2.45) is 5.73 Å². The number of alkyl halides is 3. The summed E-state index contributed by atoms with van der Waals surface area (Å²) in [6.45, 7) is -0.274. The van der Waals surface area contributed by atoms with Gasteiger partial charge in [0, 0.05) is 12.1 Å². The van der Waals surface area contributed by atoms with Crippen molar-refractivity contribution in [3.8, 4) is 5.88 Å². The number of halogens is 3. The normalized spacial score (nSPS) is 11.2. The number of hydrogen-bond acceptors (Lipinski definition) is 6. The third-order valence-electron chi connectivity index (χ3n) is 1.90. The Kier molecular flexibility index (Phi) is 3.96. The molecule has 0 saturated carbocycles. The van der Waals surface area contributed by atoms with Crippen molar-refractivity contribution in [1.29, 1.82) is 0 Å². The third-order valence-corrected chi connectivity index (χ3v) is 1.90. The van der Waals surface area contributed by atoms with Gasteiger partial charge in [0.25, 0.3) is 0 Å². The number of methoxy groups -OCH3 is 1. The van der Waals surface area contributed by atoms with Crippen molar-refractivity contribution in [2.75, 3.05) is 12.8 Å². The quantitative estimate of drug-likeness (QED) is 0.784. The maximum absolute atomic E-state index is 12.1. The van der Waals surface area contributed by atoms with Crippen LogP contribution in [0.15, 0.2) is 6.07 Å². The fraction of sp³-hybridized carbons (Fsp3) is 0.333. The van der Waals surface area contributed by atoms with Crippen LogP contribution in [0.4, 0.5) is 18.9 Å². The number of aromatic nitrogens is 1. The Morgan fingerprint density at radius 2 is 2.11 bits per heavy atom. The van der Waals surface area contributed by atoms with E-state index in [1.54, 1.807) is 0 Å². The maximum atomic E-state index is 12.1. The van der Waals surface area contributed by atoms with Crippen molar-refractivity contribution in [2.45, 2.75) is 12.9 Å². The van der Waals surface area contributed by atoms with Crippen LogP contribution in [0.1, 0.15) is 16.1 Å². The van der Waals surface area contributed by atoms with Gasteiger partial charge in [0.05, 0.1) is 12.8 Å². The van der Waals surface area contributed by atoms with Crippen LogP contribution in [-0.2, 0) is 11.3 Å². The second-order valence-corrected chi connectivity index (χ2v) is 3.13. The van der Waals surface area contributed by atoms with E-state index < -0.39 is 23.9 Å². The molecule has 0 amide bonds. The van der Waals surface area contributed by atoms with Gasteiger partial charge in [-0.25, -0.2) is 9.78 Å². The minimum atomic E-state index is -4.94. The number of nitrogens with two attached hydrogens (primary N) is 2. The summed E-state index contributed by atoms with van der Waals surface area (Å²) in [5.74, 6) is -1.79. The van der Waals surface area contributed by atoms with E-state index >= 15 is 0 Å². The molecule has 0 aliphatic heterocycles. The minimum absolute atomic E-state index is 0.0718. The molecule has 0 saturated heterocycles. The number of anilines is 1. The topological polar surface area (TPSA) is 100 Å². The van der Waals surface area contributed by atoms with Gasteiger partial charge in [-0.2, -0.15) is 0 Å². The van der Waals surface area contributed by atoms with Gasteiger partial charge in [-0.05, 0) is 6.07 Å². The maximum Gasteiger partial charge on any atom is 0.574 e. The Labute approximate surface area is 99.7 Å². The van der Waals surface area contributed by atoms with Crippen LogP contribution in [0.2, 0.25) is 0 Å². The molecule has 0 spiro atoms. The van der Waals surface area contributed by atoms with Crippen molar-refractivity contribution in [1.82, 2.24) is 4.98 Å². The molecule has 4 N–H and O–H groups in total. The summed E-state index contributed by atoms with van der Waals surface area (Å²) in [5.41, 5.74) is 10.0. The van der Waals surface area contributed by atoms with Gasteiger partial charge in [0.2, 0.25) is 5.88 Å². The lowest BCUT2D eigenvalue weighted by molar-refractivity contribution is -0.276. The molecule has 6 nitrogen and oxygen atoms in total. The molecule has 100 valence electrons. The summed E-state index contributed by atoms with van der Waals surface area (Å²) >= 11 is 0. The molecule has 0 aliphatic rings. The molecule has 1 heterocycles. The van der Waals surface area contributed by atoms with E-state index in [0.29, 0.717) is 0 Å². The molecule has 1 rings (SSSR count). The highest BCUT2D eigenvalue weighted by molar-refractivity contribution is 5.93. The van der Waals surface area contributed by atoms with E-state index in [9.17, 15) is 18.0 Å². The Hall–Kier alpha value is -2.03. The molecule has 0 aliphatic carbocycles. The highest BCUT2D eigenvalue weighted by Gasteiger charge is 2.33. The molecule has 0 unspecified atom stereocenters. The monoisotopic (exact) mass is 265 g/mol. The van der Waals surface area contributed by atoms with E-state index in [4.69, 9.17) is 11.5 Å². The van der Waals surface area contributed by atoms with Crippen molar-refractivity contribution in [3.05, 3.63) is 17.3 Å². The number of ether oxygens (including phenoxy) is 2. The van der Waals surface area contributed by atoms with Crippen LogP contribution in [0.25, 0.3) is 0 Å². The number of nitrogens with zero attached hydrogens (tertiary/aromatic N) is 1. The molecule has 18 heavy (non-hydrogen) atoms. The first-order chi connectivity index (χ1) is 8.28. The molecule has 0 fully saturated rings.